The molecule has 94 valence electrons. The van der Waals surface area contributed by atoms with E-state index in [9.17, 15) is 13.2 Å². The molecule has 0 aliphatic heterocycles. The topological polar surface area (TPSA) is 0 Å². The van der Waals surface area contributed by atoms with Gasteiger partial charge in [-0.1, -0.05) is 42.0 Å². The van der Waals surface area contributed by atoms with Gasteiger partial charge in [0.15, 0.2) is 0 Å². The highest BCUT2D eigenvalue weighted by molar-refractivity contribution is 5.68. The molecule has 0 amide bonds. The molecule has 0 aromatic heterocycles. The smallest absolute Gasteiger partial charge is 0.206 e. The third kappa shape index (κ3) is 2.26. The zero-order chi connectivity index (χ0) is 13.3. The Labute approximate surface area is 104 Å². The third-order valence-corrected chi connectivity index (χ3v) is 2.95. The number of rotatable bonds is 2. The Morgan fingerprint density at radius 2 is 1.50 bits per heavy atom. The second kappa shape index (κ2) is 4.84. The summed E-state index contributed by atoms with van der Waals surface area (Å²) >= 11 is 0. The van der Waals surface area contributed by atoms with Crippen molar-refractivity contribution < 1.29 is 13.2 Å². The van der Waals surface area contributed by atoms with E-state index >= 15 is 0 Å². The number of aryl methyl sites for hydroxylation is 2. The van der Waals surface area contributed by atoms with Gasteiger partial charge in [-0.2, -0.15) is 0 Å². The van der Waals surface area contributed by atoms with Gasteiger partial charge in [-0.15, -0.1) is 0 Å². The Balaban J connectivity index is 2.64. The van der Waals surface area contributed by atoms with Crippen LogP contribution in [0, 0.1) is 19.7 Å². The molecule has 0 saturated carbocycles. The number of benzene rings is 2. The van der Waals surface area contributed by atoms with Gasteiger partial charge in [0.1, 0.15) is 5.82 Å². The van der Waals surface area contributed by atoms with Crippen molar-refractivity contribution in [1.82, 2.24) is 0 Å². The molecule has 0 nitrogen and oxygen atoms in total. The third-order valence-electron chi connectivity index (χ3n) is 2.95. The maximum Gasteiger partial charge on any atom is 0.267 e. The van der Waals surface area contributed by atoms with Gasteiger partial charge in [-0.05, 0) is 30.5 Å². The molecule has 0 heterocycles. The van der Waals surface area contributed by atoms with Crippen molar-refractivity contribution in [3.63, 3.8) is 0 Å². The monoisotopic (exact) mass is 250 g/mol. The van der Waals surface area contributed by atoms with Crippen LogP contribution >= 0.6 is 0 Å². The zero-order valence-electron chi connectivity index (χ0n) is 10.2. The molecule has 0 unspecified atom stereocenters. The molecule has 0 radical (unpaired) electrons. The number of hydrogen-bond donors (Lipinski definition) is 0. The van der Waals surface area contributed by atoms with Gasteiger partial charge in [-0.3, -0.25) is 0 Å². The summed E-state index contributed by atoms with van der Waals surface area (Å²) in [6.07, 6.45) is -2.82. The first-order valence-corrected chi connectivity index (χ1v) is 5.65. The van der Waals surface area contributed by atoms with Crippen molar-refractivity contribution in [1.29, 1.82) is 0 Å². The summed E-state index contributed by atoms with van der Waals surface area (Å²) in [7, 11) is 0. The SMILES string of the molecule is Cc1ccc(-c2ccc(C)c(F)c2C(F)F)cc1. The lowest BCUT2D eigenvalue weighted by atomic mass is 9.96. The summed E-state index contributed by atoms with van der Waals surface area (Å²) in [5.41, 5.74) is 1.62. The summed E-state index contributed by atoms with van der Waals surface area (Å²) in [4.78, 5) is 0. The predicted octanol–water partition coefficient (Wildman–Crippen LogP) is 5.05. The van der Waals surface area contributed by atoms with Crippen molar-refractivity contribution in [2.24, 2.45) is 0 Å². The Morgan fingerprint density at radius 3 is 2.06 bits per heavy atom. The van der Waals surface area contributed by atoms with Crippen LogP contribution in [0.2, 0.25) is 0 Å². The Kier molecular flexibility index (Phi) is 3.41. The minimum absolute atomic E-state index is 0.237. The van der Waals surface area contributed by atoms with Crippen LogP contribution in [-0.2, 0) is 0 Å². The molecule has 3 heteroatoms. The molecule has 18 heavy (non-hydrogen) atoms. The van der Waals surface area contributed by atoms with E-state index in [0.717, 1.165) is 5.56 Å². The molecule has 2 aromatic carbocycles. The second-order valence-corrected chi connectivity index (χ2v) is 4.32. The van der Waals surface area contributed by atoms with Crippen molar-refractivity contribution in [3.05, 3.63) is 58.9 Å². The van der Waals surface area contributed by atoms with E-state index in [2.05, 4.69) is 0 Å². The number of alkyl halides is 2. The maximum atomic E-state index is 13.8. The Hall–Kier alpha value is -1.77. The number of hydrogen-bond acceptors (Lipinski definition) is 0. The van der Waals surface area contributed by atoms with Crippen LogP contribution in [0.3, 0.4) is 0 Å². The van der Waals surface area contributed by atoms with Crippen molar-refractivity contribution >= 4 is 0 Å². The zero-order valence-corrected chi connectivity index (χ0v) is 10.2. The van der Waals surface area contributed by atoms with Crippen LogP contribution in [0.4, 0.5) is 13.2 Å². The van der Waals surface area contributed by atoms with Gasteiger partial charge in [0.2, 0.25) is 0 Å². The van der Waals surface area contributed by atoms with Crippen LogP contribution in [0.1, 0.15) is 23.1 Å². The minimum Gasteiger partial charge on any atom is -0.206 e. The van der Waals surface area contributed by atoms with Crippen LogP contribution in [-0.4, -0.2) is 0 Å². The average molecular weight is 250 g/mol. The van der Waals surface area contributed by atoms with Crippen molar-refractivity contribution in [2.75, 3.05) is 0 Å². The van der Waals surface area contributed by atoms with E-state index in [1.165, 1.54) is 13.0 Å². The first-order chi connectivity index (χ1) is 8.50. The molecule has 2 aromatic rings. The van der Waals surface area contributed by atoms with Crippen molar-refractivity contribution in [2.45, 2.75) is 20.3 Å². The second-order valence-electron chi connectivity index (χ2n) is 4.32. The summed E-state index contributed by atoms with van der Waals surface area (Å²) in [5.74, 6) is -0.817. The standard InChI is InChI=1S/C15H13F3/c1-9-3-6-11(7-4-9)12-8-5-10(2)14(16)13(12)15(17)18/h3-8,15H,1-2H3. The lowest BCUT2D eigenvalue weighted by molar-refractivity contribution is 0.147. The van der Waals surface area contributed by atoms with E-state index < -0.39 is 17.8 Å². The molecule has 0 aliphatic carbocycles. The first kappa shape index (κ1) is 12.7. The predicted molar refractivity (Wildman–Crippen MR) is 66.3 cm³/mol. The largest absolute Gasteiger partial charge is 0.267 e. The van der Waals surface area contributed by atoms with E-state index in [-0.39, 0.29) is 11.1 Å². The van der Waals surface area contributed by atoms with Gasteiger partial charge >= 0.3 is 0 Å². The van der Waals surface area contributed by atoms with E-state index in [1.807, 2.05) is 19.1 Å². The normalized spacial score (nSPS) is 11.0. The lowest BCUT2D eigenvalue weighted by Gasteiger charge is -2.12. The van der Waals surface area contributed by atoms with Gasteiger partial charge in [-0.25, -0.2) is 13.2 Å². The highest BCUT2D eigenvalue weighted by Crippen LogP contribution is 2.34. The molecule has 0 spiro atoms. The number of halogens is 3. The molecule has 0 saturated heterocycles. The van der Waals surface area contributed by atoms with E-state index in [1.54, 1.807) is 18.2 Å². The molecule has 0 aliphatic rings. The highest BCUT2D eigenvalue weighted by atomic mass is 19.3. The quantitative estimate of drug-likeness (QED) is 0.699. The highest BCUT2D eigenvalue weighted by Gasteiger charge is 2.20. The minimum atomic E-state index is -2.82. The molecular weight excluding hydrogens is 237 g/mol. The summed E-state index contributed by atoms with van der Waals surface area (Å²) in [6.45, 7) is 3.40. The van der Waals surface area contributed by atoms with E-state index in [4.69, 9.17) is 0 Å². The first-order valence-electron chi connectivity index (χ1n) is 5.65. The Bertz CT molecular complexity index is 557. The molecule has 2 rings (SSSR count). The fourth-order valence-electron chi connectivity index (χ4n) is 1.90. The summed E-state index contributed by atoms with van der Waals surface area (Å²) in [5, 5.41) is 0. The summed E-state index contributed by atoms with van der Waals surface area (Å²) in [6, 6.07) is 10.2. The lowest BCUT2D eigenvalue weighted by Crippen LogP contribution is -1.98. The molecule has 0 atom stereocenters. The van der Waals surface area contributed by atoms with Crippen LogP contribution in [0.15, 0.2) is 36.4 Å². The molecular formula is C15H13F3. The van der Waals surface area contributed by atoms with Crippen LogP contribution < -0.4 is 0 Å². The van der Waals surface area contributed by atoms with Gasteiger partial charge < -0.3 is 0 Å². The van der Waals surface area contributed by atoms with Crippen LogP contribution in [0.5, 0.6) is 0 Å². The summed E-state index contributed by atoms with van der Waals surface area (Å²) < 4.78 is 39.8. The van der Waals surface area contributed by atoms with E-state index in [0.29, 0.717) is 5.56 Å². The molecule has 0 bridgehead atoms. The average Bonchev–Trinajstić information content (AvgIpc) is 2.33. The van der Waals surface area contributed by atoms with Gasteiger partial charge in [0.05, 0.1) is 5.56 Å². The Morgan fingerprint density at radius 1 is 0.889 bits per heavy atom. The fourth-order valence-corrected chi connectivity index (χ4v) is 1.90. The maximum absolute atomic E-state index is 13.8. The molecule has 0 N–H and O–H groups in total. The van der Waals surface area contributed by atoms with Gasteiger partial charge in [0, 0.05) is 0 Å². The van der Waals surface area contributed by atoms with Gasteiger partial charge in [0.25, 0.3) is 6.43 Å². The van der Waals surface area contributed by atoms with Crippen LogP contribution in [0.25, 0.3) is 11.1 Å². The van der Waals surface area contributed by atoms with Crippen molar-refractivity contribution in [3.8, 4) is 11.1 Å². The molecule has 0 fully saturated rings. The fraction of sp³-hybridized carbons (Fsp3) is 0.200.